The molecule has 1 unspecified atom stereocenters. The van der Waals surface area contributed by atoms with Crippen molar-refractivity contribution in [1.82, 2.24) is 15.0 Å². The minimum atomic E-state index is -3.44. The van der Waals surface area contributed by atoms with Crippen LogP contribution in [-0.4, -0.2) is 32.5 Å². The molecule has 1 aromatic heterocycles. The van der Waals surface area contributed by atoms with Crippen LogP contribution in [0.3, 0.4) is 0 Å². The first kappa shape index (κ1) is 14.9. The molecule has 2 rings (SSSR count). The highest BCUT2D eigenvalue weighted by Crippen LogP contribution is 2.27. The maximum Gasteiger partial charge on any atom is 0.251 e. The van der Waals surface area contributed by atoms with Crippen molar-refractivity contribution in [2.45, 2.75) is 43.9 Å². The third kappa shape index (κ3) is 3.34. The lowest BCUT2D eigenvalue weighted by atomic mass is 9.81. The van der Waals surface area contributed by atoms with Gasteiger partial charge in [0.2, 0.25) is 0 Å². The van der Waals surface area contributed by atoms with Gasteiger partial charge in [0.05, 0.1) is 11.2 Å². The van der Waals surface area contributed by atoms with Gasteiger partial charge >= 0.3 is 0 Å². The summed E-state index contributed by atoms with van der Waals surface area (Å²) < 4.78 is 27.9. The molecule has 19 heavy (non-hydrogen) atoms. The molecular formula is C12H21N3O2S2. The Morgan fingerprint density at radius 3 is 2.89 bits per heavy atom. The Balaban J connectivity index is 2.16. The summed E-state index contributed by atoms with van der Waals surface area (Å²) in [6, 6.07) is -0.0362. The summed E-state index contributed by atoms with van der Waals surface area (Å²) >= 11 is 1.25. The Labute approximate surface area is 118 Å². The lowest BCUT2D eigenvalue weighted by molar-refractivity contribution is 0.206. The number of rotatable bonds is 4. The van der Waals surface area contributed by atoms with Crippen LogP contribution in [0.1, 0.15) is 32.2 Å². The van der Waals surface area contributed by atoms with Gasteiger partial charge in [-0.15, -0.1) is 11.3 Å². The topological polar surface area (TPSA) is 71.1 Å². The van der Waals surface area contributed by atoms with Crippen molar-refractivity contribution >= 4 is 21.4 Å². The van der Waals surface area contributed by atoms with Gasteiger partial charge in [-0.2, -0.15) is 0 Å². The van der Waals surface area contributed by atoms with Crippen molar-refractivity contribution in [1.29, 1.82) is 0 Å². The van der Waals surface area contributed by atoms with Crippen LogP contribution in [0.25, 0.3) is 0 Å². The van der Waals surface area contributed by atoms with Crippen LogP contribution in [0, 0.1) is 5.41 Å². The van der Waals surface area contributed by atoms with Crippen molar-refractivity contribution in [2.24, 2.45) is 5.41 Å². The molecule has 1 aliphatic rings. The number of thiazole rings is 1. The summed E-state index contributed by atoms with van der Waals surface area (Å²) in [6.07, 6.45) is 3.03. The quantitative estimate of drug-likeness (QED) is 0.881. The van der Waals surface area contributed by atoms with E-state index in [-0.39, 0.29) is 11.5 Å². The van der Waals surface area contributed by atoms with E-state index in [0.29, 0.717) is 4.21 Å². The second kappa shape index (κ2) is 5.47. The fourth-order valence-electron chi connectivity index (χ4n) is 2.22. The SMILES string of the molecule is CCc1ncc(S(=O)(=O)NC2CCNCC2(C)C)s1. The largest absolute Gasteiger partial charge is 0.316 e. The van der Waals surface area contributed by atoms with E-state index in [9.17, 15) is 8.42 Å². The zero-order chi connectivity index (χ0) is 14.1. The summed E-state index contributed by atoms with van der Waals surface area (Å²) in [4.78, 5) is 4.12. The molecule has 0 spiro atoms. The molecule has 0 aromatic carbocycles. The highest BCUT2D eigenvalue weighted by Gasteiger charge is 2.35. The maximum atomic E-state index is 12.4. The number of aromatic nitrogens is 1. The molecule has 0 bridgehead atoms. The highest BCUT2D eigenvalue weighted by atomic mass is 32.2. The molecule has 1 aliphatic heterocycles. The Morgan fingerprint density at radius 1 is 1.58 bits per heavy atom. The molecule has 0 aliphatic carbocycles. The van der Waals surface area contributed by atoms with Crippen LogP contribution in [0.5, 0.6) is 0 Å². The molecule has 1 atom stereocenters. The normalized spacial score (nSPS) is 23.4. The zero-order valence-electron chi connectivity index (χ0n) is 11.6. The first-order valence-corrected chi connectivity index (χ1v) is 8.83. The van der Waals surface area contributed by atoms with Crippen molar-refractivity contribution < 1.29 is 8.42 Å². The van der Waals surface area contributed by atoms with Crippen LogP contribution in [0.4, 0.5) is 0 Å². The Bertz CT molecular complexity index is 537. The molecule has 5 nitrogen and oxygen atoms in total. The lowest BCUT2D eigenvalue weighted by Crippen LogP contribution is -2.54. The van der Waals surface area contributed by atoms with E-state index in [1.54, 1.807) is 0 Å². The maximum absolute atomic E-state index is 12.4. The van der Waals surface area contributed by atoms with Crippen molar-refractivity contribution in [3.05, 3.63) is 11.2 Å². The van der Waals surface area contributed by atoms with Crippen molar-refractivity contribution in [2.75, 3.05) is 13.1 Å². The van der Waals surface area contributed by atoms with Crippen LogP contribution in [-0.2, 0) is 16.4 Å². The van der Waals surface area contributed by atoms with Gasteiger partial charge in [0.15, 0.2) is 4.21 Å². The number of nitrogens with one attached hydrogen (secondary N) is 2. The molecule has 7 heteroatoms. The Hall–Kier alpha value is -0.500. The van der Waals surface area contributed by atoms with Gasteiger partial charge in [-0.25, -0.2) is 18.1 Å². The number of sulfonamides is 1. The van der Waals surface area contributed by atoms with Crippen LogP contribution < -0.4 is 10.0 Å². The van der Waals surface area contributed by atoms with Crippen LogP contribution >= 0.6 is 11.3 Å². The van der Waals surface area contributed by atoms with E-state index in [0.717, 1.165) is 30.9 Å². The number of hydrogen-bond acceptors (Lipinski definition) is 5. The van der Waals surface area contributed by atoms with Crippen molar-refractivity contribution in [3.8, 4) is 0 Å². The zero-order valence-corrected chi connectivity index (χ0v) is 13.2. The molecule has 2 N–H and O–H groups in total. The van der Waals surface area contributed by atoms with Crippen LogP contribution in [0.15, 0.2) is 10.4 Å². The molecule has 1 fully saturated rings. The van der Waals surface area contributed by atoms with Gasteiger partial charge in [-0.1, -0.05) is 20.8 Å². The summed E-state index contributed by atoms with van der Waals surface area (Å²) in [5.41, 5.74) is -0.0798. The number of hydrogen-bond donors (Lipinski definition) is 2. The third-order valence-corrected chi connectivity index (χ3v) is 6.61. The van der Waals surface area contributed by atoms with Gasteiger partial charge in [0.1, 0.15) is 0 Å². The van der Waals surface area contributed by atoms with E-state index in [2.05, 4.69) is 28.9 Å². The van der Waals surface area contributed by atoms with Gasteiger partial charge in [-0.05, 0) is 24.8 Å². The molecule has 1 saturated heterocycles. The average Bonchev–Trinajstić information content (AvgIpc) is 2.81. The van der Waals surface area contributed by atoms with Gasteiger partial charge < -0.3 is 5.32 Å². The molecule has 0 amide bonds. The molecule has 2 heterocycles. The fraction of sp³-hybridized carbons (Fsp3) is 0.750. The highest BCUT2D eigenvalue weighted by molar-refractivity contribution is 7.91. The van der Waals surface area contributed by atoms with Gasteiger partial charge in [0, 0.05) is 12.6 Å². The first-order valence-electron chi connectivity index (χ1n) is 6.53. The third-order valence-electron chi connectivity index (χ3n) is 3.53. The van der Waals surface area contributed by atoms with E-state index in [1.165, 1.54) is 17.5 Å². The smallest absolute Gasteiger partial charge is 0.251 e. The number of nitrogens with zero attached hydrogens (tertiary/aromatic N) is 1. The summed E-state index contributed by atoms with van der Waals surface area (Å²) in [7, 11) is -3.44. The Morgan fingerprint density at radius 2 is 2.32 bits per heavy atom. The fourth-order valence-corrected chi connectivity index (χ4v) is 4.79. The van der Waals surface area contributed by atoms with E-state index < -0.39 is 10.0 Å². The minimum absolute atomic E-state index is 0.0362. The van der Waals surface area contributed by atoms with E-state index >= 15 is 0 Å². The molecule has 0 saturated carbocycles. The summed E-state index contributed by atoms with van der Waals surface area (Å²) in [5, 5.41) is 4.15. The van der Waals surface area contributed by atoms with Gasteiger partial charge in [-0.3, -0.25) is 0 Å². The molecule has 108 valence electrons. The monoisotopic (exact) mass is 303 g/mol. The lowest BCUT2D eigenvalue weighted by Gasteiger charge is -2.39. The minimum Gasteiger partial charge on any atom is -0.316 e. The summed E-state index contributed by atoms with van der Waals surface area (Å²) in [5.74, 6) is 0. The predicted octanol–water partition coefficient (Wildman–Crippen LogP) is 1.37. The van der Waals surface area contributed by atoms with Gasteiger partial charge in [0.25, 0.3) is 10.0 Å². The number of piperidine rings is 1. The average molecular weight is 303 g/mol. The molecule has 0 radical (unpaired) electrons. The first-order chi connectivity index (χ1) is 8.85. The second-order valence-electron chi connectivity index (χ2n) is 5.55. The predicted molar refractivity (Wildman–Crippen MR) is 76.9 cm³/mol. The van der Waals surface area contributed by atoms with E-state index in [4.69, 9.17) is 0 Å². The van der Waals surface area contributed by atoms with Crippen molar-refractivity contribution in [3.63, 3.8) is 0 Å². The molecule has 1 aromatic rings. The Kier molecular flexibility index (Phi) is 4.29. The van der Waals surface area contributed by atoms with Crippen LogP contribution in [0.2, 0.25) is 0 Å². The number of aryl methyl sites for hydroxylation is 1. The summed E-state index contributed by atoms with van der Waals surface area (Å²) in [6.45, 7) is 7.80. The standard InChI is InChI=1S/C12H21N3O2S2/c1-4-10-14-7-11(18-10)19(16,17)15-9-5-6-13-8-12(9,2)3/h7,9,13,15H,4-6,8H2,1-3H3. The van der Waals surface area contributed by atoms with E-state index in [1.807, 2.05) is 6.92 Å². The second-order valence-corrected chi connectivity index (χ2v) is 8.61. The molecular weight excluding hydrogens is 282 g/mol.